The van der Waals surface area contributed by atoms with Crippen LogP contribution in [0.5, 0.6) is 0 Å². The Balaban J connectivity index is 2.10. The maximum atomic E-state index is 10.6. The summed E-state index contributed by atoms with van der Waals surface area (Å²) < 4.78 is 2.01. The highest BCUT2D eigenvalue weighted by Gasteiger charge is 2.04. The molecular weight excluding hydrogens is 224 g/mol. The van der Waals surface area contributed by atoms with Crippen molar-refractivity contribution in [2.24, 2.45) is 0 Å². The lowest BCUT2D eigenvalue weighted by Gasteiger charge is -1.95. The maximum Gasteiger partial charge on any atom is 0.150 e. The van der Waals surface area contributed by atoms with Crippen molar-refractivity contribution >= 4 is 11.9 Å². The van der Waals surface area contributed by atoms with E-state index in [0.29, 0.717) is 5.56 Å². The highest BCUT2D eigenvalue weighted by atomic mass is 16.1. The predicted molar refractivity (Wildman–Crippen MR) is 70.8 cm³/mol. The molecule has 2 heterocycles. The van der Waals surface area contributed by atoms with E-state index in [4.69, 9.17) is 0 Å². The van der Waals surface area contributed by atoms with E-state index in [1.54, 1.807) is 12.1 Å². The lowest BCUT2D eigenvalue weighted by Crippen LogP contribution is -1.82. The molecule has 3 aromatic rings. The fourth-order valence-corrected chi connectivity index (χ4v) is 1.97. The molecule has 88 valence electrons. The van der Waals surface area contributed by atoms with Crippen molar-refractivity contribution in [1.82, 2.24) is 9.38 Å². The first kappa shape index (κ1) is 10.7. The summed E-state index contributed by atoms with van der Waals surface area (Å²) >= 11 is 0. The number of benzene rings is 1. The molecule has 2 aromatic heterocycles. The first-order valence-corrected chi connectivity index (χ1v) is 5.77. The number of aryl methyl sites for hydroxylation is 1. The van der Waals surface area contributed by atoms with Gasteiger partial charge in [-0.05, 0) is 18.6 Å². The van der Waals surface area contributed by atoms with Crippen LogP contribution in [0.15, 0.2) is 48.8 Å². The maximum absolute atomic E-state index is 10.6. The molecular formula is C15H12N2O. The zero-order chi connectivity index (χ0) is 12.5. The number of carbonyl (C=O) groups is 1. The third kappa shape index (κ3) is 1.80. The molecule has 0 fully saturated rings. The van der Waals surface area contributed by atoms with Gasteiger partial charge in [-0.1, -0.05) is 30.3 Å². The number of pyridine rings is 1. The van der Waals surface area contributed by atoms with Crippen LogP contribution >= 0.6 is 0 Å². The molecule has 3 nitrogen and oxygen atoms in total. The van der Waals surface area contributed by atoms with Gasteiger partial charge in [-0.25, -0.2) is 4.98 Å². The first-order chi connectivity index (χ1) is 8.76. The smallest absolute Gasteiger partial charge is 0.150 e. The van der Waals surface area contributed by atoms with E-state index < -0.39 is 0 Å². The van der Waals surface area contributed by atoms with Crippen molar-refractivity contribution in [2.45, 2.75) is 6.92 Å². The van der Waals surface area contributed by atoms with Crippen molar-refractivity contribution < 1.29 is 4.79 Å². The van der Waals surface area contributed by atoms with Crippen molar-refractivity contribution in [3.05, 3.63) is 59.9 Å². The Bertz CT molecular complexity index is 711. The number of nitrogens with zero attached hydrogens (tertiary/aromatic N) is 2. The molecule has 0 aliphatic heterocycles. The lowest BCUT2D eigenvalue weighted by molar-refractivity contribution is 0.112. The number of hydrogen-bond donors (Lipinski definition) is 0. The molecule has 0 amide bonds. The zero-order valence-electron chi connectivity index (χ0n) is 10.00. The van der Waals surface area contributed by atoms with E-state index in [2.05, 4.69) is 11.9 Å². The Hall–Kier alpha value is -2.42. The molecule has 0 spiro atoms. The van der Waals surface area contributed by atoms with E-state index in [0.717, 1.165) is 23.2 Å². The van der Waals surface area contributed by atoms with Gasteiger partial charge in [0.15, 0.2) is 0 Å². The Morgan fingerprint density at radius 2 is 1.83 bits per heavy atom. The van der Waals surface area contributed by atoms with E-state index in [1.807, 2.05) is 41.1 Å². The largest absolute Gasteiger partial charge is 0.306 e. The second-order valence-electron chi connectivity index (χ2n) is 4.34. The van der Waals surface area contributed by atoms with E-state index >= 15 is 0 Å². The van der Waals surface area contributed by atoms with Crippen LogP contribution in [0.4, 0.5) is 0 Å². The number of rotatable bonds is 2. The molecule has 0 saturated carbocycles. The summed E-state index contributed by atoms with van der Waals surface area (Å²) in [6.07, 6.45) is 4.89. The monoisotopic (exact) mass is 236 g/mol. The average Bonchev–Trinajstić information content (AvgIpc) is 2.81. The second-order valence-corrected chi connectivity index (χ2v) is 4.34. The van der Waals surface area contributed by atoms with Crippen LogP contribution in [0, 0.1) is 6.92 Å². The van der Waals surface area contributed by atoms with Crippen molar-refractivity contribution in [3.8, 4) is 11.3 Å². The average molecular weight is 236 g/mol. The first-order valence-electron chi connectivity index (χ1n) is 5.77. The summed E-state index contributed by atoms with van der Waals surface area (Å²) in [5, 5.41) is 0. The molecule has 0 atom stereocenters. The molecule has 1 aromatic carbocycles. The molecule has 0 aliphatic carbocycles. The van der Waals surface area contributed by atoms with E-state index in [-0.39, 0.29) is 0 Å². The molecule has 0 saturated heterocycles. The number of fused-ring (bicyclic) bond motifs is 1. The Kier molecular flexibility index (Phi) is 2.45. The second kappa shape index (κ2) is 4.11. The van der Waals surface area contributed by atoms with Crippen LogP contribution in [-0.2, 0) is 0 Å². The van der Waals surface area contributed by atoms with Gasteiger partial charge in [-0.2, -0.15) is 0 Å². The van der Waals surface area contributed by atoms with Crippen molar-refractivity contribution in [3.63, 3.8) is 0 Å². The highest BCUT2D eigenvalue weighted by Crippen LogP contribution is 2.19. The SMILES string of the molecule is Cc1ccc2nc(-c3ccc(C=O)cc3)cn2c1. The predicted octanol–water partition coefficient (Wildman–Crippen LogP) is 3.12. The standard InChI is InChI=1S/C15H12N2O/c1-11-2-7-15-16-14(9-17(15)8-11)13-5-3-12(10-18)4-6-13/h2-10H,1H3. The lowest BCUT2D eigenvalue weighted by atomic mass is 10.1. The summed E-state index contributed by atoms with van der Waals surface area (Å²) in [7, 11) is 0. The van der Waals surface area contributed by atoms with Gasteiger partial charge in [0, 0.05) is 23.5 Å². The van der Waals surface area contributed by atoms with Gasteiger partial charge in [0.05, 0.1) is 5.69 Å². The minimum absolute atomic E-state index is 0.679. The normalized spacial score (nSPS) is 10.7. The van der Waals surface area contributed by atoms with Crippen molar-refractivity contribution in [1.29, 1.82) is 0 Å². The van der Waals surface area contributed by atoms with Gasteiger partial charge in [0.25, 0.3) is 0 Å². The minimum atomic E-state index is 0.679. The van der Waals surface area contributed by atoms with Gasteiger partial charge < -0.3 is 4.40 Å². The fourth-order valence-electron chi connectivity index (χ4n) is 1.97. The van der Waals surface area contributed by atoms with E-state index in [9.17, 15) is 4.79 Å². The summed E-state index contributed by atoms with van der Waals surface area (Å²) in [5.74, 6) is 0. The van der Waals surface area contributed by atoms with Crippen molar-refractivity contribution in [2.75, 3.05) is 0 Å². The summed E-state index contributed by atoms with van der Waals surface area (Å²) in [6, 6.07) is 11.5. The molecule has 0 bridgehead atoms. The molecule has 0 unspecified atom stereocenters. The molecule has 0 aliphatic rings. The van der Waals surface area contributed by atoms with Crippen LogP contribution in [-0.4, -0.2) is 15.7 Å². The van der Waals surface area contributed by atoms with Gasteiger partial charge in [-0.15, -0.1) is 0 Å². The number of carbonyl (C=O) groups excluding carboxylic acids is 1. The quantitative estimate of drug-likeness (QED) is 0.641. The van der Waals surface area contributed by atoms with Crippen LogP contribution in [0.25, 0.3) is 16.9 Å². The molecule has 0 radical (unpaired) electrons. The number of hydrogen-bond acceptors (Lipinski definition) is 2. The van der Waals surface area contributed by atoms with Crippen LogP contribution in [0.1, 0.15) is 15.9 Å². The van der Waals surface area contributed by atoms with Gasteiger partial charge in [-0.3, -0.25) is 4.79 Å². The van der Waals surface area contributed by atoms with Crippen LogP contribution in [0.3, 0.4) is 0 Å². The third-order valence-electron chi connectivity index (χ3n) is 2.94. The summed E-state index contributed by atoms with van der Waals surface area (Å²) in [6.45, 7) is 2.05. The number of aromatic nitrogens is 2. The zero-order valence-corrected chi connectivity index (χ0v) is 10.00. The highest BCUT2D eigenvalue weighted by molar-refractivity contribution is 5.76. The van der Waals surface area contributed by atoms with Gasteiger partial charge in [0.1, 0.15) is 11.9 Å². The third-order valence-corrected chi connectivity index (χ3v) is 2.94. The van der Waals surface area contributed by atoms with Gasteiger partial charge >= 0.3 is 0 Å². The Labute approximate surface area is 105 Å². The fraction of sp³-hybridized carbons (Fsp3) is 0.0667. The van der Waals surface area contributed by atoms with E-state index in [1.165, 1.54) is 5.56 Å². The molecule has 0 N–H and O–H groups in total. The van der Waals surface area contributed by atoms with Crippen LogP contribution in [0.2, 0.25) is 0 Å². The molecule has 18 heavy (non-hydrogen) atoms. The summed E-state index contributed by atoms with van der Waals surface area (Å²) in [4.78, 5) is 15.2. The summed E-state index contributed by atoms with van der Waals surface area (Å²) in [5.41, 5.74) is 4.73. The molecule has 3 heteroatoms. The molecule has 3 rings (SSSR count). The topological polar surface area (TPSA) is 34.4 Å². The van der Waals surface area contributed by atoms with Gasteiger partial charge in [0.2, 0.25) is 0 Å². The van der Waals surface area contributed by atoms with Crippen LogP contribution < -0.4 is 0 Å². The Morgan fingerprint density at radius 1 is 1.06 bits per heavy atom. The minimum Gasteiger partial charge on any atom is -0.306 e. The number of aldehydes is 1. The number of imidazole rings is 1. The Morgan fingerprint density at radius 3 is 2.56 bits per heavy atom.